The van der Waals surface area contributed by atoms with Crippen molar-refractivity contribution in [3.63, 3.8) is 0 Å². The Balaban J connectivity index is 1.64. The summed E-state index contributed by atoms with van der Waals surface area (Å²) >= 11 is 0. The largest absolute Gasteiger partial charge is 0.491 e. The first-order valence-corrected chi connectivity index (χ1v) is 7.51. The number of fused-ring (bicyclic) bond motifs is 1. The third kappa shape index (κ3) is 2.99. The normalized spacial score (nSPS) is 13.8. The summed E-state index contributed by atoms with van der Waals surface area (Å²) in [5.74, 6) is 0.699. The number of hydrogen-bond donors (Lipinski definition) is 0. The minimum absolute atomic E-state index is 0.0330. The topological polar surface area (TPSA) is 44.1 Å². The van der Waals surface area contributed by atoms with E-state index in [-0.39, 0.29) is 5.78 Å². The lowest BCUT2D eigenvalue weighted by Gasteiger charge is -2.15. The number of carbonyl (C=O) groups excluding carboxylic acids is 1. The number of Topliss-reactive ketones (excluding diaryl/α,β-unsaturated/α-hetero) is 1. The predicted octanol–water partition coefficient (Wildman–Crippen LogP) is 3.04. The molecule has 2 aromatic rings. The fourth-order valence-corrected chi connectivity index (χ4v) is 2.86. The second kappa shape index (κ2) is 6.12. The number of ketones is 1. The Hall–Kier alpha value is -2.10. The Morgan fingerprint density at radius 3 is 2.95 bits per heavy atom. The van der Waals surface area contributed by atoms with Gasteiger partial charge in [0.25, 0.3) is 0 Å². The summed E-state index contributed by atoms with van der Waals surface area (Å²) in [6, 6.07) is 7.40. The number of aromatic nitrogens is 2. The van der Waals surface area contributed by atoms with Crippen molar-refractivity contribution in [3.8, 4) is 5.75 Å². The molecule has 1 aromatic carbocycles. The van der Waals surface area contributed by atoms with Gasteiger partial charge in [0, 0.05) is 5.69 Å². The van der Waals surface area contributed by atoms with E-state index in [0.29, 0.717) is 17.9 Å². The molecule has 0 aliphatic heterocycles. The Morgan fingerprint density at radius 1 is 1.29 bits per heavy atom. The first-order valence-electron chi connectivity index (χ1n) is 7.51. The van der Waals surface area contributed by atoms with Gasteiger partial charge in [-0.3, -0.25) is 4.79 Å². The summed E-state index contributed by atoms with van der Waals surface area (Å²) in [5, 5.41) is 0. The first-order chi connectivity index (χ1) is 10.3. The first kappa shape index (κ1) is 13.9. The number of carbonyl (C=O) groups is 1. The van der Waals surface area contributed by atoms with Crippen LogP contribution in [-0.2, 0) is 19.4 Å². The van der Waals surface area contributed by atoms with Gasteiger partial charge in [0.2, 0.25) is 0 Å². The second-order valence-electron chi connectivity index (χ2n) is 5.44. The Kier molecular flexibility index (Phi) is 4.04. The Morgan fingerprint density at radius 2 is 2.10 bits per heavy atom. The van der Waals surface area contributed by atoms with Crippen LogP contribution in [0, 0.1) is 0 Å². The van der Waals surface area contributed by atoms with Gasteiger partial charge in [-0.25, -0.2) is 4.98 Å². The Bertz CT molecular complexity index is 646. The molecule has 0 amide bonds. The van der Waals surface area contributed by atoms with Gasteiger partial charge in [-0.1, -0.05) is 12.1 Å². The molecule has 0 spiro atoms. The maximum atomic E-state index is 11.6. The zero-order valence-corrected chi connectivity index (χ0v) is 12.3. The summed E-state index contributed by atoms with van der Waals surface area (Å²) in [4.78, 5) is 16.0. The molecule has 1 heterocycles. The van der Waals surface area contributed by atoms with Gasteiger partial charge in [-0.05, 0) is 44.7 Å². The molecule has 1 aliphatic carbocycles. The summed E-state index contributed by atoms with van der Waals surface area (Å²) in [6.07, 6.45) is 6.60. The third-order valence-electron chi connectivity index (χ3n) is 3.97. The highest BCUT2D eigenvalue weighted by Crippen LogP contribution is 2.21. The minimum atomic E-state index is 0.0330. The van der Waals surface area contributed by atoms with Gasteiger partial charge < -0.3 is 9.30 Å². The van der Waals surface area contributed by atoms with Gasteiger partial charge in [0.15, 0.2) is 5.78 Å². The lowest BCUT2D eigenvalue weighted by atomic mass is 10.0. The molecule has 0 fully saturated rings. The lowest BCUT2D eigenvalue weighted by Crippen LogP contribution is -2.13. The van der Waals surface area contributed by atoms with Crippen LogP contribution in [0.4, 0.5) is 0 Å². The maximum Gasteiger partial charge on any atom is 0.163 e. The van der Waals surface area contributed by atoms with E-state index in [0.717, 1.165) is 19.4 Å². The van der Waals surface area contributed by atoms with Crippen molar-refractivity contribution in [1.29, 1.82) is 0 Å². The van der Waals surface area contributed by atoms with E-state index in [9.17, 15) is 4.79 Å². The lowest BCUT2D eigenvalue weighted by molar-refractivity contribution is 0.101. The second-order valence-corrected chi connectivity index (χ2v) is 5.44. The van der Waals surface area contributed by atoms with Crippen LogP contribution in [-0.4, -0.2) is 21.9 Å². The fourth-order valence-electron chi connectivity index (χ4n) is 2.86. The van der Waals surface area contributed by atoms with Crippen LogP contribution in [0.3, 0.4) is 0 Å². The van der Waals surface area contributed by atoms with Gasteiger partial charge in [0.05, 0.1) is 24.1 Å². The van der Waals surface area contributed by atoms with Crippen LogP contribution < -0.4 is 4.74 Å². The molecule has 21 heavy (non-hydrogen) atoms. The molecular formula is C17H20N2O2. The predicted molar refractivity (Wildman–Crippen MR) is 80.8 cm³/mol. The van der Waals surface area contributed by atoms with Gasteiger partial charge in [0.1, 0.15) is 12.4 Å². The number of benzene rings is 1. The van der Waals surface area contributed by atoms with Gasteiger partial charge in [-0.15, -0.1) is 0 Å². The monoisotopic (exact) mass is 284 g/mol. The fraction of sp³-hybridized carbons (Fsp3) is 0.412. The Labute approximate surface area is 124 Å². The number of imidazole rings is 1. The highest BCUT2D eigenvalue weighted by Gasteiger charge is 2.15. The smallest absolute Gasteiger partial charge is 0.163 e. The molecule has 0 atom stereocenters. The number of ether oxygens (including phenoxy) is 1. The van der Waals surface area contributed by atoms with Crippen molar-refractivity contribution in [2.75, 3.05) is 6.61 Å². The highest BCUT2D eigenvalue weighted by molar-refractivity contribution is 5.96. The summed E-state index contributed by atoms with van der Waals surface area (Å²) in [7, 11) is 0. The van der Waals surface area contributed by atoms with Crippen molar-refractivity contribution in [1.82, 2.24) is 9.55 Å². The number of para-hydroxylation sites is 1. The molecular weight excluding hydrogens is 264 g/mol. The molecule has 0 radical (unpaired) electrons. The molecule has 0 unspecified atom stereocenters. The van der Waals surface area contributed by atoms with Crippen molar-refractivity contribution >= 4 is 5.78 Å². The van der Waals surface area contributed by atoms with E-state index in [1.54, 1.807) is 13.0 Å². The SMILES string of the molecule is CC(=O)c1ccccc1OCCn1cnc2c1CCCC2. The van der Waals surface area contributed by atoms with Crippen molar-refractivity contribution in [2.45, 2.75) is 39.2 Å². The molecule has 0 saturated heterocycles. The average molecular weight is 284 g/mol. The summed E-state index contributed by atoms with van der Waals surface area (Å²) in [5.41, 5.74) is 3.24. The summed E-state index contributed by atoms with van der Waals surface area (Å²) in [6.45, 7) is 2.89. The van der Waals surface area contributed by atoms with Gasteiger partial charge in [-0.2, -0.15) is 0 Å². The van der Waals surface area contributed by atoms with Crippen LogP contribution in [0.25, 0.3) is 0 Å². The van der Waals surface area contributed by atoms with Crippen LogP contribution in [0.5, 0.6) is 5.75 Å². The van der Waals surface area contributed by atoms with E-state index >= 15 is 0 Å². The molecule has 3 rings (SSSR count). The third-order valence-corrected chi connectivity index (χ3v) is 3.97. The molecule has 4 heteroatoms. The zero-order valence-electron chi connectivity index (χ0n) is 12.3. The molecule has 0 saturated carbocycles. The van der Waals surface area contributed by atoms with Crippen LogP contribution in [0.1, 0.15) is 41.5 Å². The number of nitrogens with zero attached hydrogens (tertiary/aromatic N) is 2. The van der Waals surface area contributed by atoms with Crippen molar-refractivity contribution in [3.05, 3.63) is 47.5 Å². The number of hydrogen-bond acceptors (Lipinski definition) is 3. The maximum absolute atomic E-state index is 11.6. The standard InChI is InChI=1S/C17H20N2O2/c1-13(20)14-6-2-5-9-17(14)21-11-10-19-12-18-15-7-3-4-8-16(15)19/h2,5-6,9,12H,3-4,7-8,10-11H2,1H3. The average Bonchev–Trinajstić information content (AvgIpc) is 2.91. The molecule has 1 aromatic heterocycles. The molecule has 1 aliphatic rings. The zero-order chi connectivity index (χ0) is 14.7. The van der Waals surface area contributed by atoms with E-state index in [4.69, 9.17) is 4.74 Å². The molecule has 110 valence electrons. The van der Waals surface area contributed by atoms with E-state index in [1.807, 2.05) is 24.5 Å². The van der Waals surface area contributed by atoms with E-state index in [1.165, 1.54) is 24.2 Å². The minimum Gasteiger partial charge on any atom is -0.491 e. The van der Waals surface area contributed by atoms with Crippen molar-refractivity contribution in [2.24, 2.45) is 0 Å². The molecule has 0 bridgehead atoms. The van der Waals surface area contributed by atoms with Crippen LogP contribution in [0.15, 0.2) is 30.6 Å². The summed E-state index contributed by atoms with van der Waals surface area (Å²) < 4.78 is 7.98. The number of aryl methyl sites for hydroxylation is 1. The van der Waals surface area contributed by atoms with E-state index < -0.39 is 0 Å². The number of rotatable bonds is 5. The van der Waals surface area contributed by atoms with Crippen molar-refractivity contribution < 1.29 is 9.53 Å². The van der Waals surface area contributed by atoms with Gasteiger partial charge >= 0.3 is 0 Å². The highest BCUT2D eigenvalue weighted by atomic mass is 16.5. The van der Waals surface area contributed by atoms with Crippen LogP contribution >= 0.6 is 0 Å². The molecule has 4 nitrogen and oxygen atoms in total. The molecule has 0 N–H and O–H groups in total. The van der Waals surface area contributed by atoms with E-state index in [2.05, 4.69) is 9.55 Å². The van der Waals surface area contributed by atoms with Crippen LogP contribution in [0.2, 0.25) is 0 Å². The quantitative estimate of drug-likeness (QED) is 0.793.